The van der Waals surface area contributed by atoms with Crippen LogP contribution < -0.4 is 15.5 Å². The molecular formula is C21H23N3O3S. The van der Waals surface area contributed by atoms with E-state index in [1.165, 1.54) is 0 Å². The average Bonchev–Trinajstić information content (AvgIpc) is 3.00. The van der Waals surface area contributed by atoms with Crippen LogP contribution >= 0.6 is 11.8 Å². The lowest BCUT2D eigenvalue weighted by Crippen LogP contribution is -2.27. The van der Waals surface area contributed by atoms with Gasteiger partial charge in [0.25, 0.3) is 11.1 Å². The Morgan fingerprint density at radius 3 is 2.39 bits per heavy atom. The predicted octanol–water partition coefficient (Wildman–Crippen LogP) is 2.62. The molecule has 0 unspecified atom stereocenters. The summed E-state index contributed by atoms with van der Waals surface area (Å²) in [6.45, 7) is 0.537. The monoisotopic (exact) mass is 397 g/mol. The van der Waals surface area contributed by atoms with Gasteiger partial charge in [-0.1, -0.05) is 48.2 Å². The van der Waals surface area contributed by atoms with Crippen LogP contribution in [0, 0.1) is 0 Å². The van der Waals surface area contributed by atoms with Crippen molar-refractivity contribution in [3.63, 3.8) is 0 Å². The zero-order chi connectivity index (χ0) is 20.1. The number of carbonyl (C=O) groups is 3. The highest BCUT2D eigenvalue weighted by molar-refractivity contribution is 8.15. The Hall–Kier alpha value is -2.80. The number of benzene rings is 2. The predicted molar refractivity (Wildman–Crippen MR) is 112 cm³/mol. The molecule has 1 aliphatic heterocycles. The van der Waals surface area contributed by atoms with Gasteiger partial charge in [-0.2, -0.15) is 0 Å². The van der Waals surface area contributed by atoms with E-state index >= 15 is 0 Å². The van der Waals surface area contributed by atoms with Gasteiger partial charge in [-0.05, 0) is 36.1 Å². The highest BCUT2D eigenvalue weighted by Gasteiger charge is 2.31. The fraction of sp³-hybridized carbons (Fsp3) is 0.286. The fourth-order valence-electron chi connectivity index (χ4n) is 3.05. The number of anilines is 1. The normalized spacial score (nSPS) is 16.0. The molecule has 6 nitrogen and oxygen atoms in total. The Morgan fingerprint density at radius 2 is 1.75 bits per heavy atom. The summed E-state index contributed by atoms with van der Waals surface area (Å²) in [5.41, 5.74) is 3.65. The molecule has 0 bridgehead atoms. The first kappa shape index (κ1) is 19.9. The van der Waals surface area contributed by atoms with Gasteiger partial charge in [0.1, 0.15) is 0 Å². The zero-order valence-corrected chi connectivity index (χ0v) is 16.7. The second-order valence-electron chi connectivity index (χ2n) is 6.82. The first-order chi connectivity index (χ1) is 13.4. The lowest BCUT2D eigenvalue weighted by molar-refractivity contribution is -0.118. The summed E-state index contributed by atoms with van der Waals surface area (Å²) in [5, 5.41) is 4.64. The summed E-state index contributed by atoms with van der Waals surface area (Å²) in [4.78, 5) is 37.3. The highest BCUT2D eigenvalue weighted by Crippen LogP contribution is 2.23. The Morgan fingerprint density at radius 1 is 1.07 bits per heavy atom. The standard InChI is InChI=1S/C21H23N3O3S/c1-24(2)17-6-4-3-5-16(17)19(25)22-12-11-14-7-9-15(10-8-14)13-18-20(26)23-21(27)28-18/h3-10,18H,11-13H2,1-2H3,(H,22,25)(H,23,26,27)/t18-/m1/s1. The minimum Gasteiger partial charge on any atom is -0.377 e. The molecule has 2 aromatic carbocycles. The molecule has 1 heterocycles. The van der Waals surface area contributed by atoms with E-state index in [0.717, 1.165) is 28.6 Å². The highest BCUT2D eigenvalue weighted by atomic mass is 32.2. The van der Waals surface area contributed by atoms with Crippen LogP contribution in [0.15, 0.2) is 48.5 Å². The van der Waals surface area contributed by atoms with Gasteiger partial charge in [0.2, 0.25) is 5.91 Å². The van der Waals surface area contributed by atoms with Gasteiger partial charge in [0.05, 0.1) is 10.8 Å². The summed E-state index contributed by atoms with van der Waals surface area (Å²) in [6, 6.07) is 15.4. The van der Waals surface area contributed by atoms with Gasteiger partial charge < -0.3 is 10.2 Å². The number of rotatable bonds is 7. The molecule has 2 aromatic rings. The molecule has 0 aromatic heterocycles. The van der Waals surface area contributed by atoms with Crippen molar-refractivity contribution in [3.05, 3.63) is 65.2 Å². The smallest absolute Gasteiger partial charge is 0.286 e. The molecule has 0 radical (unpaired) electrons. The van der Waals surface area contributed by atoms with Crippen LogP contribution in [0.3, 0.4) is 0 Å². The Balaban J connectivity index is 1.51. The van der Waals surface area contributed by atoms with E-state index in [2.05, 4.69) is 10.6 Å². The molecule has 1 fully saturated rings. The molecule has 0 spiro atoms. The van der Waals surface area contributed by atoms with Crippen molar-refractivity contribution in [3.8, 4) is 0 Å². The zero-order valence-electron chi connectivity index (χ0n) is 15.9. The molecule has 0 saturated carbocycles. The topological polar surface area (TPSA) is 78.5 Å². The Bertz CT molecular complexity index is 881. The molecular weight excluding hydrogens is 374 g/mol. The molecule has 2 N–H and O–H groups in total. The van der Waals surface area contributed by atoms with Gasteiger partial charge in [0.15, 0.2) is 0 Å². The van der Waals surface area contributed by atoms with Crippen LogP contribution in [0.5, 0.6) is 0 Å². The van der Waals surface area contributed by atoms with Crippen LogP contribution in [0.2, 0.25) is 0 Å². The third kappa shape index (κ3) is 4.92. The van der Waals surface area contributed by atoms with Crippen LogP contribution in [-0.2, 0) is 17.6 Å². The number of carbonyl (C=O) groups excluding carboxylic acids is 3. The maximum Gasteiger partial charge on any atom is 0.286 e. The van der Waals surface area contributed by atoms with E-state index in [0.29, 0.717) is 24.9 Å². The maximum atomic E-state index is 12.5. The Labute approximate surface area is 168 Å². The molecule has 1 aliphatic rings. The third-order valence-electron chi connectivity index (χ3n) is 4.54. The van der Waals surface area contributed by atoms with Gasteiger partial charge >= 0.3 is 0 Å². The van der Waals surface area contributed by atoms with Crippen molar-refractivity contribution < 1.29 is 14.4 Å². The molecule has 3 rings (SSSR count). The van der Waals surface area contributed by atoms with E-state index in [9.17, 15) is 14.4 Å². The van der Waals surface area contributed by atoms with E-state index in [1.54, 1.807) is 0 Å². The minimum atomic E-state index is -0.352. The molecule has 28 heavy (non-hydrogen) atoms. The van der Waals surface area contributed by atoms with Crippen molar-refractivity contribution in [1.29, 1.82) is 0 Å². The van der Waals surface area contributed by atoms with Crippen molar-refractivity contribution in [2.24, 2.45) is 0 Å². The number of imide groups is 1. The number of thioether (sulfide) groups is 1. The van der Waals surface area contributed by atoms with E-state index in [1.807, 2.05) is 67.5 Å². The number of nitrogens with zero attached hydrogens (tertiary/aromatic N) is 1. The molecule has 7 heteroatoms. The largest absolute Gasteiger partial charge is 0.377 e. The average molecular weight is 398 g/mol. The molecule has 3 amide bonds. The van der Waals surface area contributed by atoms with Crippen molar-refractivity contribution in [2.45, 2.75) is 18.1 Å². The number of para-hydroxylation sites is 1. The van der Waals surface area contributed by atoms with Crippen LogP contribution in [-0.4, -0.2) is 42.9 Å². The van der Waals surface area contributed by atoms with E-state index < -0.39 is 0 Å². The van der Waals surface area contributed by atoms with E-state index in [4.69, 9.17) is 0 Å². The lowest BCUT2D eigenvalue weighted by Gasteiger charge is -2.17. The fourth-order valence-corrected chi connectivity index (χ4v) is 3.91. The van der Waals surface area contributed by atoms with Crippen molar-refractivity contribution >= 4 is 34.5 Å². The van der Waals surface area contributed by atoms with Gasteiger partial charge in [-0.25, -0.2) is 0 Å². The summed E-state index contributed by atoms with van der Waals surface area (Å²) < 4.78 is 0. The number of amides is 3. The van der Waals surface area contributed by atoms with E-state index in [-0.39, 0.29) is 22.3 Å². The third-order valence-corrected chi connectivity index (χ3v) is 5.52. The maximum absolute atomic E-state index is 12.5. The second-order valence-corrected chi connectivity index (χ2v) is 8.00. The number of nitrogens with one attached hydrogen (secondary N) is 2. The number of hydrogen-bond donors (Lipinski definition) is 2. The summed E-state index contributed by atoms with van der Waals surface area (Å²) in [7, 11) is 3.83. The van der Waals surface area contributed by atoms with Crippen molar-refractivity contribution in [2.75, 3.05) is 25.5 Å². The van der Waals surface area contributed by atoms with Crippen LogP contribution in [0.1, 0.15) is 21.5 Å². The van der Waals surface area contributed by atoms with Crippen molar-refractivity contribution in [1.82, 2.24) is 10.6 Å². The number of hydrogen-bond acceptors (Lipinski definition) is 5. The lowest BCUT2D eigenvalue weighted by atomic mass is 10.0. The van der Waals surface area contributed by atoms with Gasteiger partial charge in [-0.15, -0.1) is 0 Å². The molecule has 1 atom stereocenters. The van der Waals surface area contributed by atoms with Crippen LogP contribution in [0.25, 0.3) is 0 Å². The molecule has 1 saturated heterocycles. The quantitative estimate of drug-likeness (QED) is 0.751. The second kappa shape index (κ2) is 8.93. The molecule has 0 aliphatic carbocycles. The summed E-state index contributed by atoms with van der Waals surface area (Å²) in [6.07, 6.45) is 1.24. The first-order valence-electron chi connectivity index (χ1n) is 9.08. The van der Waals surface area contributed by atoms with Crippen LogP contribution in [0.4, 0.5) is 10.5 Å². The minimum absolute atomic E-state index is 0.0881. The Kier molecular flexibility index (Phi) is 6.36. The molecule has 146 valence electrons. The summed E-state index contributed by atoms with van der Waals surface area (Å²) in [5.74, 6) is -0.311. The van der Waals surface area contributed by atoms with Gasteiger partial charge in [-0.3, -0.25) is 19.7 Å². The SMILES string of the molecule is CN(C)c1ccccc1C(=O)NCCc1ccc(C[C@H]2SC(=O)NC2=O)cc1. The first-order valence-corrected chi connectivity index (χ1v) is 9.96. The summed E-state index contributed by atoms with van der Waals surface area (Å²) >= 11 is 1.04. The van der Waals surface area contributed by atoms with Gasteiger partial charge in [0, 0.05) is 26.3 Å².